The lowest BCUT2D eigenvalue weighted by atomic mass is 9.92. The Morgan fingerprint density at radius 2 is 1.88 bits per heavy atom. The van der Waals surface area contributed by atoms with Crippen LogP contribution in [0.2, 0.25) is 10.0 Å². The summed E-state index contributed by atoms with van der Waals surface area (Å²) in [5, 5.41) is 14.6. The van der Waals surface area contributed by atoms with Gasteiger partial charge in [-0.25, -0.2) is 9.78 Å². The molecule has 1 atom stereocenters. The highest BCUT2D eigenvalue weighted by molar-refractivity contribution is 6.35. The standard InChI is InChI=1S/C25H31Cl2N3O3/c1-7-15(8-2)17-9-10-18(27)21-23(17)30(22(13(3)4)24(31)32)25(29-21)28-20-14(5)11-16(26)12-19(20)33-6/h9-13,15,22H,7-8H2,1-6H3,(H,28,29)(H,31,32). The predicted octanol–water partition coefficient (Wildman–Crippen LogP) is 7.59. The van der Waals surface area contributed by atoms with E-state index in [4.69, 9.17) is 32.9 Å². The van der Waals surface area contributed by atoms with E-state index in [1.807, 2.05) is 39.0 Å². The summed E-state index contributed by atoms with van der Waals surface area (Å²) in [5.74, 6) is 0.0720. The monoisotopic (exact) mass is 491 g/mol. The molecular formula is C25H31Cl2N3O3. The number of ether oxygens (including phenoxy) is 1. The van der Waals surface area contributed by atoms with Crippen molar-refractivity contribution in [3.63, 3.8) is 0 Å². The number of aromatic nitrogens is 2. The van der Waals surface area contributed by atoms with Crippen LogP contribution in [-0.2, 0) is 4.79 Å². The number of aryl methyl sites for hydroxylation is 1. The van der Waals surface area contributed by atoms with Crippen LogP contribution in [0.5, 0.6) is 5.75 Å². The lowest BCUT2D eigenvalue weighted by Gasteiger charge is -2.24. The molecule has 178 valence electrons. The Bertz CT molecular complexity index is 1170. The number of halogens is 2. The molecule has 0 amide bonds. The van der Waals surface area contributed by atoms with Crippen molar-refractivity contribution >= 4 is 51.8 Å². The minimum atomic E-state index is -0.928. The molecule has 0 saturated heterocycles. The first-order valence-electron chi connectivity index (χ1n) is 11.2. The summed E-state index contributed by atoms with van der Waals surface area (Å²) in [7, 11) is 1.56. The number of nitrogens with one attached hydrogen (secondary N) is 1. The van der Waals surface area contributed by atoms with Gasteiger partial charge in [0, 0.05) is 11.1 Å². The predicted molar refractivity (Wildman–Crippen MR) is 136 cm³/mol. The van der Waals surface area contributed by atoms with Crippen molar-refractivity contribution in [3.05, 3.63) is 45.4 Å². The first kappa shape index (κ1) is 25.2. The molecule has 0 fully saturated rings. The third-order valence-corrected chi connectivity index (χ3v) is 6.65. The number of fused-ring (bicyclic) bond motifs is 1. The van der Waals surface area contributed by atoms with Crippen LogP contribution in [-0.4, -0.2) is 27.7 Å². The first-order chi connectivity index (χ1) is 15.6. The molecule has 0 bridgehead atoms. The number of aliphatic carboxylic acids is 1. The van der Waals surface area contributed by atoms with E-state index in [0.717, 1.165) is 29.5 Å². The number of hydrogen-bond donors (Lipinski definition) is 2. The van der Waals surface area contributed by atoms with E-state index >= 15 is 0 Å². The summed E-state index contributed by atoms with van der Waals surface area (Å²) in [6.45, 7) is 9.96. The SMILES string of the molecule is CCC(CC)c1ccc(Cl)c2nc(Nc3c(C)cc(Cl)cc3OC)n(C(C(=O)O)C(C)C)c12. The van der Waals surface area contributed by atoms with Crippen molar-refractivity contribution in [2.45, 2.75) is 59.4 Å². The molecule has 1 unspecified atom stereocenters. The number of anilines is 2. The zero-order valence-corrected chi connectivity index (χ0v) is 21.4. The van der Waals surface area contributed by atoms with Gasteiger partial charge in [0.05, 0.1) is 23.3 Å². The summed E-state index contributed by atoms with van der Waals surface area (Å²) < 4.78 is 7.33. The molecule has 3 aromatic rings. The molecule has 1 aromatic heterocycles. The summed E-state index contributed by atoms with van der Waals surface area (Å²) >= 11 is 12.8. The molecule has 0 saturated carbocycles. The quantitative estimate of drug-likeness (QED) is 0.322. The molecule has 3 rings (SSSR count). The number of carbonyl (C=O) groups is 1. The molecule has 2 N–H and O–H groups in total. The van der Waals surface area contributed by atoms with Gasteiger partial charge in [-0.15, -0.1) is 0 Å². The smallest absolute Gasteiger partial charge is 0.327 e. The van der Waals surface area contributed by atoms with Crippen LogP contribution in [0.3, 0.4) is 0 Å². The average molecular weight is 492 g/mol. The van der Waals surface area contributed by atoms with Crippen molar-refractivity contribution in [3.8, 4) is 5.75 Å². The van der Waals surface area contributed by atoms with Gasteiger partial charge in [0.2, 0.25) is 5.95 Å². The van der Waals surface area contributed by atoms with Gasteiger partial charge < -0.3 is 15.2 Å². The van der Waals surface area contributed by atoms with Gasteiger partial charge in [0.25, 0.3) is 0 Å². The van der Waals surface area contributed by atoms with E-state index in [-0.39, 0.29) is 11.8 Å². The van der Waals surface area contributed by atoms with Crippen LogP contribution < -0.4 is 10.1 Å². The van der Waals surface area contributed by atoms with Gasteiger partial charge in [0.15, 0.2) is 0 Å². The Hall–Kier alpha value is -2.44. The Labute approximate surface area is 204 Å². The van der Waals surface area contributed by atoms with E-state index in [1.165, 1.54) is 0 Å². The molecular weight excluding hydrogens is 461 g/mol. The summed E-state index contributed by atoms with van der Waals surface area (Å²) in [6, 6.07) is 6.53. The lowest BCUT2D eigenvalue weighted by Crippen LogP contribution is -2.26. The third kappa shape index (κ3) is 4.78. The van der Waals surface area contributed by atoms with Gasteiger partial charge >= 0.3 is 5.97 Å². The summed E-state index contributed by atoms with van der Waals surface area (Å²) in [6.07, 6.45) is 1.84. The number of carboxylic acids is 1. The molecule has 0 aliphatic carbocycles. The van der Waals surface area contributed by atoms with Crippen LogP contribution in [0, 0.1) is 12.8 Å². The van der Waals surface area contributed by atoms with Crippen molar-refractivity contribution in [2.24, 2.45) is 5.92 Å². The topological polar surface area (TPSA) is 76.4 Å². The second-order valence-corrected chi connectivity index (χ2v) is 9.45. The fourth-order valence-electron chi connectivity index (χ4n) is 4.45. The van der Waals surface area contributed by atoms with Crippen LogP contribution in [0.4, 0.5) is 11.6 Å². The lowest BCUT2D eigenvalue weighted by molar-refractivity contribution is -0.142. The molecule has 0 aliphatic rings. The number of nitrogens with zero attached hydrogens (tertiary/aromatic N) is 2. The van der Waals surface area contributed by atoms with Gasteiger partial charge in [-0.2, -0.15) is 0 Å². The first-order valence-corrected chi connectivity index (χ1v) is 11.9. The van der Waals surface area contributed by atoms with Crippen LogP contribution in [0.1, 0.15) is 63.6 Å². The fraction of sp³-hybridized carbons (Fsp3) is 0.440. The van der Waals surface area contributed by atoms with Gasteiger partial charge in [0.1, 0.15) is 17.3 Å². The number of rotatable bonds is 9. The highest BCUT2D eigenvalue weighted by atomic mass is 35.5. The van der Waals surface area contributed by atoms with Gasteiger partial charge in [-0.05, 0) is 54.9 Å². The Balaban J connectivity index is 2.39. The molecule has 0 radical (unpaired) electrons. The molecule has 33 heavy (non-hydrogen) atoms. The van der Waals surface area contributed by atoms with Crippen LogP contribution in [0.25, 0.3) is 11.0 Å². The number of benzene rings is 2. The number of hydrogen-bond acceptors (Lipinski definition) is 4. The van der Waals surface area contributed by atoms with E-state index in [1.54, 1.807) is 17.7 Å². The normalized spacial score (nSPS) is 12.5. The zero-order chi connectivity index (χ0) is 24.4. The van der Waals surface area contributed by atoms with E-state index < -0.39 is 12.0 Å². The maximum Gasteiger partial charge on any atom is 0.327 e. The van der Waals surface area contributed by atoms with E-state index in [0.29, 0.717) is 32.9 Å². The molecule has 8 heteroatoms. The summed E-state index contributed by atoms with van der Waals surface area (Å²) in [4.78, 5) is 17.3. The van der Waals surface area contributed by atoms with Crippen molar-refractivity contribution in [1.82, 2.24) is 9.55 Å². The second-order valence-electron chi connectivity index (χ2n) is 8.60. The average Bonchev–Trinajstić information content (AvgIpc) is 3.11. The van der Waals surface area contributed by atoms with Crippen molar-refractivity contribution < 1.29 is 14.6 Å². The number of carboxylic acid groups (broad SMARTS) is 1. The highest BCUT2D eigenvalue weighted by Crippen LogP contribution is 2.41. The highest BCUT2D eigenvalue weighted by Gasteiger charge is 2.31. The van der Waals surface area contributed by atoms with Crippen molar-refractivity contribution in [2.75, 3.05) is 12.4 Å². The van der Waals surface area contributed by atoms with Crippen LogP contribution >= 0.6 is 23.2 Å². The Morgan fingerprint density at radius 3 is 2.42 bits per heavy atom. The Morgan fingerprint density at radius 1 is 1.21 bits per heavy atom. The zero-order valence-electron chi connectivity index (χ0n) is 19.9. The van der Waals surface area contributed by atoms with Crippen LogP contribution in [0.15, 0.2) is 24.3 Å². The molecule has 0 aliphatic heterocycles. The largest absolute Gasteiger partial charge is 0.495 e. The van der Waals surface area contributed by atoms with Gasteiger partial charge in [-0.3, -0.25) is 4.57 Å². The Kier molecular flexibility index (Phi) is 7.80. The number of imidazole rings is 1. The minimum Gasteiger partial charge on any atom is -0.495 e. The molecule has 1 heterocycles. The number of methoxy groups -OCH3 is 1. The van der Waals surface area contributed by atoms with E-state index in [9.17, 15) is 9.90 Å². The minimum absolute atomic E-state index is 0.192. The molecule has 0 spiro atoms. The third-order valence-electron chi connectivity index (χ3n) is 6.13. The fourth-order valence-corrected chi connectivity index (χ4v) is 4.91. The van der Waals surface area contributed by atoms with Gasteiger partial charge in [-0.1, -0.05) is 57.0 Å². The van der Waals surface area contributed by atoms with E-state index in [2.05, 4.69) is 19.2 Å². The maximum atomic E-state index is 12.5. The summed E-state index contributed by atoms with van der Waals surface area (Å²) in [5.41, 5.74) is 3.91. The maximum absolute atomic E-state index is 12.5. The van der Waals surface area contributed by atoms with Crippen molar-refractivity contribution in [1.29, 1.82) is 0 Å². The molecule has 2 aromatic carbocycles. The second kappa shape index (κ2) is 10.2. The molecule has 6 nitrogen and oxygen atoms in total.